The SMILES string of the molecule is CC(C)(CON)c1cnc2ccccc2c1. The van der Waals surface area contributed by atoms with Gasteiger partial charge in [0, 0.05) is 17.0 Å². The van der Waals surface area contributed by atoms with Crippen LogP contribution in [0.4, 0.5) is 0 Å². The van der Waals surface area contributed by atoms with Gasteiger partial charge < -0.3 is 4.84 Å². The van der Waals surface area contributed by atoms with Crippen molar-refractivity contribution in [2.24, 2.45) is 5.90 Å². The van der Waals surface area contributed by atoms with Gasteiger partial charge in [-0.2, -0.15) is 0 Å². The molecule has 0 saturated heterocycles. The fourth-order valence-electron chi connectivity index (χ4n) is 1.73. The van der Waals surface area contributed by atoms with E-state index in [-0.39, 0.29) is 5.41 Å². The van der Waals surface area contributed by atoms with E-state index in [1.165, 1.54) is 0 Å². The Hall–Kier alpha value is -1.45. The van der Waals surface area contributed by atoms with Crippen molar-refractivity contribution >= 4 is 10.9 Å². The molecule has 0 aliphatic heterocycles. The highest BCUT2D eigenvalue weighted by Gasteiger charge is 2.21. The monoisotopic (exact) mass is 216 g/mol. The molecule has 84 valence electrons. The summed E-state index contributed by atoms with van der Waals surface area (Å²) in [6, 6.07) is 10.2. The van der Waals surface area contributed by atoms with Gasteiger partial charge in [-0.15, -0.1) is 0 Å². The molecule has 2 aromatic rings. The molecule has 1 aromatic heterocycles. The number of pyridine rings is 1. The van der Waals surface area contributed by atoms with Crippen LogP contribution in [0.3, 0.4) is 0 Å². The molecule has 0 fully saturated rings. The molecule has 2 rings (SSSR count). The minimum Gasteiger partial charge on any atom is -0.304 e. The van der Waals surface area contributed by atoms with Gasteiger partial charge in [-0.1, -0.05) is 32.0 Å². The van der Waals surface area contributed by atoms with Crippen LogP contribution in [0.15, 0.2) is 36.5 Å². The van der Waals surface area contributed by atoms with E-state index in [0.717, 1.165) is 16.5 Å². The Morgan fingerprint density at radius 2 is 2.06 bits per heavy atom. The number of hydrogen-bond donors (Lipinski definition) is 1. The molecule has 0 bridgehead atoms. The van der Waals surface area contributed by atoms with Gasteiger partial charge in [-0.3, -0.25) is 4.98 Å². The number of para-hydroxylation sites is 1. The standard InChI is InChI=1S/C13H16N2O/c1-13(2,9-16-14)11-7-10-5-3-4-6-12(10)15-8-11/h3-8H,9,14H2,1-2H3. The molecule has 0 aliphatic rings. The van der Waals surface area contributed by atoms with Crippen molar-refractivity contribution in [1.82, 2.24) is 4.98 Å². The second kappa shape index (κ2) is 4.20. The number of hydrogen-bond acceptors (Lipinski definition) is 3. The molecule has 1 aromatic carbocycles. The molecule has 0 spiro atoms. The summed E-state index contributed by atoms with van der Waals surface area (Å²) in [5, 5.41) is 1.14. The van der Waals surface area contributed by atoms with Crippen molar-refractivity contribution < 1.29 is 4.84 Å². The van der Waals surface area contributed by atoms with Crippen LogP contribution in [0.5, 0.6) is 0 Å². The number of rotatable bonds is 3. The van der Waals surface area contributed by atoms with Gasteiger partial charge in [0.05, 0.1) is 12.1 Å². The van der Waals surface area contributed by atoms with Gasteiger partial charge >= 0.3 is 0 Å². The number of nitrogens with zero attached hydrogens (tertiary/aromatic N) is 1. The van der Waals surface area contributed by atoms with Crippen molar-refractivity contribution in [2.75, 3.05) is 6.61 Å². The largest absolute Gasteiger partial charge is 0.304 e. The topological polar surface area (TPSA) is 48.1 Å². The quantitative estimate of drug-likeness (QED) is 0.801. The van der Waals surface area contributed by atoms with E-state index in [4.69, 9.17) is 10.7 Å². The molecule has 0 aliphatic carbocycles. The summed E-state index contributed by atoms with van der Waals surface area (Å²) in [4.78, 5) is 9.18. The van der Waals surface area contributed by atoms with E-state index in [1.807, 2.05) is 24.4 Å². The van der Waals surface area contributed by atoms with Crippen molar-refractivity contribution in [3.8, 4) is 0 Å². The first kappa shape index (κ1) is 11.0. The number of benzene rings is 1. The number of nitrogens with two attached hydrogens (primary N) is 1. The molecule has 0 atom stereocenters. The highest BCUT2D eigenvalue weighted by Crippen LogP contribution is 2.25. The first-order chi connectivity index (χ1) is 7.63. The van der Waals surface area contributed by atoms with Crippen LogP contribution >= 0.6 is 0 Å². The van der Waals surface area contributed by atoms with Crippen LogP contribution in [-0.2, 0) is 10.3 Å². The number of fused-ring (bicyclic) bond motifs is 1. The van der Waals surface area contributed by atoms with E-state index in [2.05, 4.69) is 31.0 Å². The van der Waals surface area contributed by atoms with Crippen LogP contribution in [-0.4, -0.2) is 11.6 Å². The second-order valence-corrected chi connectivity index (χ2v) is 4.61. The number of aromatic nitrogens is 1. The zero-order valence-corrected chi connectivity index (χ0v) is 9.60. The molecule has 2 N–H and O–H groups in total. The van der Waals surface area contributed by atoms with Crippen LogP contribution in [0, 0.1) is 0 Å². The maximum Gasteiger partial charge on any atom is 0.0771 e. The van der Waals surface area contributed by atoms with Gasteiger partial charge in [0.2, 0.25) is 0 Å². The van der Waals surface area contributed by atoms with Gasteiger partial charge in [0.15, 0.2) is 0 Å². The van der Waals surface area contributed by atoms with Crippen LogP contribution in [0.2, 0.25) is 0 Å². The molecule has 0 amide bonds. The summed E-state index contributed by atoms with van der Waals surface area (Å²) in [5.74, 6) is 5.14. The van der Waals surface area contributed by atoms with Gasteiger partial charge in [-0.25, -0.2) is 5.90 Å². The average molecular weight is 216 g/mol. The molecule has 16 heavy (non-hydrogen) atoms. The lowest BCUT2D eigenvalue weighted by molar-refractivity contribution is 0.0964. The smallest absolute Gasteiger partial charge is 0.0771 e. The molecule has 0 radical (unpaired) electrons. The summed E-state index contributed by atoms with van der Waals surface area (Å²) in [6.45, 7) is 4.66. The molecule has 0 saturated carbocycles. The summed E-state index contributed by atoms with van der Waals surface area (Å²) >= 11 is 0. The summed E-state index contributed by atoms with van der Waals surface area (Å²) < 4.78 is 0. The lowest BCUT2D eigenvalue weighted by Crippen LogP contribution is -2.26. The third-order valence-electron chi connectivity index (χ3n) is 2.82. The summed E-state index contributed by atoms with van der Waals surface area (Å²) in [5.41, 5.74) is 2.03. The first-order valence-corrected chi connectivity index (χ1v) is 5.30. The second-order valence-electron chi connectivity index (χ2n) is 4.61. The summed E-state index contributed by atoms with van der Waals surface area (Å²) in [7, 11) is 0. The lowest BCUT2D eigenvalue weighted by Gasteiger charge is -2.23. The van der Waals surface area contributed by atoms with E-state index in [9.17, 15) is 0 Å². The first-order valence-electron chi connectivity index (χ1n) is 5.30. The average Bonchev–Trinajstić information content (AvgIpc) is 2.28. The van der Waals surface area contributed by atoms with Crippen LogP contribution in [0.25, 0.3) is 10.9 Å². The normalized spacial score (nSPS) is 11.9. The van der Waals surface area contributed by atoms with Crippen molar-refractivity contribution in [3.05, 3.63) is 42.1 Å². The summed E-state index contributed by atoms with van der Waals surface area (Å²) in [6.07, 6.45) is 1.89. The Labute approximate surface area is 95.2 Å². The van der Waals surface area contributed by atoms with E-state index in [0.29, 0.717) is 6.61 Å². The van der Waals surface area contributed by atoms with E-state index < -0.39 is 0 Å². The van der Waals surface area contributed by atoms with Gasteiger partial charge in [-0.05, 0) is 17.7 Å². The fourth-order valence-corrected chi connectivity index (χ4v) is 1.73. The lowest BCUT2D eigenvalue weighted by atomic mass is 9.86. The van der Waals surface area contributed by atoms with Gasteiger partial charge in [0.1, 0.15) is 0 Å². The Kier molecular flexibility index (Phi) is 2.90. The van der Waals surface area contributed by atoms with Gasteiger partial charge in [0.25, 0.3) is 0 Å². The molecule has 0 unspecified atom stereocenters. The van der Waals surface area contributed by atoms with E-state index >= 15 is 0 Å². The van der Waals surface area contributed by atoms with Crippen molar-refractivity contribution in [3.63, 3.8) is 0 Å². The minimum atomic E-state index is -0.119. The molecule has 1 heterocycles. The minimum absolute atomic E-state index is 0.119. The highest BCUT2D eigenvalue weighted by atomic mass is 16.6. The molecular weight excluding hydrogens is 200 g/mol. The maximum atomic E-state index is 5.14. The van der Waals surface area contributed by atoms with Crippen molar-refractivity contribution in [2.45, 2.75) is 19.3 Å². The van der Waals surface area contributed by atoms with Crippen LogP contribution < -0.4 is 5.90 Å². The van der Waals surface area contributed by atoms with Crippen LogP contribution in [0.1, 0.15) is 19.4 Å². The zero-order valence-electron chi connectivity index (χ0n) is 9.60. The Morgan fingerprint density at radius 1 is 1.31 bits per heavy atom. The maximum absolute atomic E-state index is 5.14. The Bertz CT molecular complexity index is 494. The molecular formula is C13H16N2O. The highest BCUT2D eigenvalue weighted by molar-refractivity contribution is 5.78. The zero-order chi connectivity index (χ0) is 11.6. The predicted octanol–water partition coefficient (Wildman–Crippen LogP) is 2.40. The molecule has 3 heteroatoms. The Balaban J connectivity index is 2.46. The predicted molar refractivity (Wildman–Crippen MR) is 64.9 cm³/mol. The van der Waals surface area contributed by atoms with Crippen molar-refractivity contribution in [1.29, 1.82) is 0 Å². The van der Waals surface area contributed by atoms with E-state index in [1.54, 1.807) is 0 Å². The Morgan fingerprint density at radius 3 is 2.81 bits per heavy atom. The molecule has 3 nitrogen and oxygen atoms in total. The fraction of sp³-hybridized carbons (Fsp3) is 0.308. The third kappa shape index (κ3) is 2.05. The third-order valence-corrected chi connectivity index (χ3v) is 2.82.